The fourth-order valence-corrected chi connectivity index (χ4v) is 1.84. The molecule has 0 fully saturated rings. The number of aryl methyl sites for hydroxylation is 1. The first-order chi connectivity index (χ1) is 9.49. The zero-order chi connectivity index (χ0) is 14.7. The Morgan fingerprint density at radius 3 is 2.60 bits per heavy atom. The number of aromatic amines is 1. The molecule has 0 amide bonds. The van der Waals surface area contributed by atoms with E-state index in [2.05, 4.69) is 29.1 Å². The van der Waals surface area contributed by atoms with E-state index in [9.17, 15) is 4.79 Å². The number of hydrogen-bond donors (Lipinski definition) is 1. The second kappa shape index (κ2) is 5.92. The number of benzene rings is 1. The lowest BCUT2D eigenvalue weighted by atomic mass is 10.0. The summed E-state index contributed by atoms with van der Waals surface area (Å²) in [5.74, 6) is 0.486. The molecule has 0 bridgehead atoms. The number of nitrogens with zero attached hydrogens (tertiary/aromatic N) is 3. The van der Waals surface area contributed by atoms with Crippen LogP contribution in [0.4, 0.5) is 0 Å². The third-order valence-electron chi connectivity index (χ3n) is 2.94. The Morgan fingerprint density at radius 1 is 1.35 bits per heavy atom. The minimum absolute atomic E-state index is 0.177. The van der Waals surface area contributed by atoms with Gasteiger partial charge in [-0.3, -0.25) is 9.89 Å². The van der Waals surface area contributed by atoms with Crippen LogP contribution in [0.5, 0.6) is 0 Å². The summed E-state index contributed by atoms with van der Waals surface area (Å²) in [6.07, 6.45) is 1.61. The van der Waals surface area contributed by atoms with Crippen LogP contribution in [0.15, 0.2) is 34.2 Å². The van der Waals surface area contributed by atoms with Gasteiger partial charge in [0, 0.05) is 0 Å². The molecule has 0 saturated heterocycles. The van der Waals surface area contributed by atoms with Gasteiger partial charge < -0.3 is 0 Å². The first kappa shape index (κ1) is 14.3. The molecule has 2 rings (SSSR count). The SMILES string of the molecule is Cc1n[nH]c(=S)n(/N=C/c2ccc(C(C)C)cc2)c1=O. The lowest BCUT2D eigenvalue weighted by molar-refractivity contribution is 0.720. The van der Waals surface area contributed by atoms with Gasteiger partial charge in [0.05, 0.1) is 6.21 Å². The van der Waals surface area contributed by atoms with E-state index < -0.39 is 0 Å². The van der Waals surface area contributed by atoms with Gasteiger partial charge in [-0.1, -0.05) is 38.1 Å². The van der Waals surface area contributed by atoms with Crippen LogP contribution in [0.1, 0.15) is 36.6 Å². The van der Waals surface area contributed by atoms with E-state index in [1.807, 2.05) is 24.3 Å². The van der Waals surface area contributed by atoms with Crippen LogP contribution in [0.2, 0.25) is 0 Å². The highest BCUT2D eigenvalue weighted by Gasteiger charge is 2.01. The Kier molecular flexibility index (Phi) is 4.24. The molecular formula is C14H16N4OS. The molecule has 0 spiro atoms. The third kappa shape index (κ3) is 3.08. The molecule has 0 aliphatic heterocycles. The van der Waals surface area contributed by atoms with Crippen molar-refractivity contribution < 1.29 is 0 Å². The number of rotatable bonds is 3. The Hall–Kier alpha value is -2.08. The van der Waals surface area contributed by atoms with E-state index >= 15 is 0 Å². The zero-order valence-electron chi connectivity index (χ0n) is 11.6. The van der Waals surface area contributed by atoms with Crippen LogP contribution in [0.3, 0.4) is 0 Å². The van der Waals surface area contributed by atoms with E-state index in [-0.39, 0.29) is 10.3 Å². The maximum Gasteiger partial charge on any atom is 0.296 e. The maximum absolute atomic E-state index is 11.9. The summed E-state index contributed by atoms with van der Waals surface area (Å²) < 4.78 is 1.31. The summed E-state index contributed by atoms with van der Waals surface area (Å²) in [5.41, 5.74) is 2.18. The van der Waals surface area contributed by atoms with Crippen molar-refractivity contribution in [1.82, 2.24) is 14.9 Å². The molecule has 1 aromatic heterocycles. The van der Waals surface area contributed by atoms with Crippen LogP contribution in [0, 0.1) is 11.7 Å². The van der Waals surface area contributed by atoms with Gasteiger partial charge in [0.2, 0.25) is 4.77 Å². The van der Waals surface area contributed by atoms with Gasteiger partial charge in [0.25, 0.3) is 5.56 Å². The van der Waals surface area contributed by atoms with Gasteiger partial charge in [0.1, 0.15) is 5.69 Å². The quantitative estimate of drug-likeness (QED) is 0.697. The Bertz CT molecular complexity index is 741. The highest BCUT2D eigenvalue weighted by molar-refractivity contribution is 7.71. The summed E-state index contributed by atoms with van der Waals surface area (Å²) in [7, 11) is 0. The van der Waals surface area contributed by atoms with Crippen LogP contribution in [-0.4, -0.2) is 21.1 Å². The molecular weight excluding hydrogens is 272 g/mol. The molecule has 5 nitrogen and oxygen atoms in total. The number of H-pyrrole nitrogens is 1. The molecule has 0 unspecified atom stereocenters. The third-order valence-corrected chi connectivity index (χ3v) is 3.20. The van der Waals surface area contributed by atoms with Crippen molar-refractivity contribution >= 4 is 18.4 Å². The topological polar surface area (TPSA) is 63.0 Å². The van der Waals surface area contributed by atoms with Crippen molar-refractivity contribution in [3.05, 3.63) is 56.2 Å². The van der Waals surface area contributed by atoms with E-state index in [0.717, 1.165) is 10.2 Å². The van der Waals surface area contributed by atoms with Gasteiger partial charge >= 0.3 is 0 Å². The lowest BCUT2D eigenvalue weighted by Gasteiger charge is -2.04. The van der Waals surface area contributed by atoms with E-state index in [0.29, 0.717) is 11.6 Å². The Morgan fingerprint density at radius 2 is 2.00 bits per heavy atom. The van der Waals surface area contributed by atoms with Crippen LogP contribution in [0.25, 0.3) is 0 Å². The minimum atomic E-state index is -0.316. The second-order valence-corrected chi connectivity index (χ2v) is 5.18. The average molecular weight is 288 g/mol. The fraction of sp³-hybridized carbons (Fsp3) is 0.286. The minimum Gasteiger partial charge on any atom is -0.265 e. The first-order valence-electron chi connectivity index (χ1n) is 6.31. The van der Waals surface area contributed by atoms with E-state index in [1.54, 1.807) is 13.1 Å². The zero-order valence-corrected chi connectivity index (χ0v) is 12.4. The molecule has 0 aliphatic rings. The maximum atomic E-state index is 11.9. The molecule has 0 atom stereocenters. The standard InChI is InChI=1S/C14H16N4OS/c1-9(2)12-6-4-11(5-7-12)8-15-18-13(19)10(3)16-17-14(18)20/h4-9H,1-3H3,(H,17,20)/b15-8+. The smallest absolute Gasteiger partial charge is 0.265 e. The van der Waals surface area contributed by atoms with E-state index in [1.165, 1.54) is 5.56 Å². The van der Waals surface area contributed by atoms with Crippen LogP contribution in [-0.2, 0) is 0 Å². The molecule has 0 aliphatic carbocycles. The van der Waals surface area contributed by atoms with Crippen molar-refractivity contribution in [1.29, 1.82) is 0 Å². The normalized spacial score (nSPS) is 11.4. The monoisotopic (exact) mass is 288 g/mol. The summed E-state index contributed by atoms with van der Waals surface area (Å²) >= 11 is 5.00. The van der Waals surface area contributed by atoms with Crippen molar-refractivity contribution in [2.45, 2.75) is 26.7 Å². The van der Waals surface area contributed by atoms with Crippen molar-refractivity contribution in [3.8, 4) is 0 Å². The summed E-state index contributed by atoms with van der Waals surface area (Å²) in [4.78, 5) is 11.9. The van der Waals surface area contributed by atoms with E-state index in [4.69, 9.17) is 12.2 Å². The number of aromatic nitrogens is 3. The van der Waals surface area contributed by atoms with Crippen molar-refractivity contribution in [2.24, 2.45) is 5.10 Å². The molecule has 6 heteroatoms. The van der Waals surface area contributed by atoms with Gasteiger partial charge in [0.15, 0.2) is 0 Å². The molecule has 1 heterocycles. The largest absolute Gasteiger partial charge is 0.296 e. The van der Waals surface area contributed by atoms with Gasteiger partial charge in [-0.05, 0) is 36.2 Å². The summed E-state index contributed by atoms with van der Waals surface area (Å²) in [6, 6.07) is 8.02. The molecule has 0 saturated carbocycles. The van der Waals surface area contributed by atoms with Crippen LogP contribution < -0.4 is 5.56 Å². The van der Waals surface area contributed by atoms with Crippen molar-refractivity contribution in [2.75, 3.05) is 0 Å². The second-order valence-electron chi connectivity index (χ2n) is 4.80. The number of nitrogens with one attached hydrogen (secondary N) is 1. The fourth-order valence-electron chi connectivity index (χ4n) is 1.67. The predicted octanol–water partition coefficient (Wildman–Crippen LogP) is 2.61. The van der Waals surface area contributed by atoms with Gasteiger partial charge in [-0.15, -0.1) is 0 Å². The first-order valence-corrected chi connectivity index (χ1v) is 6.72. The lowest BCUT2D eigenvalue weighted by Crippen LogP contribution is -2.22. The molecule has 0 radical (unpaired) electrons. The Balaban J connectivity index is 2.33. The van der Waals surface area contributed by atoms with Gasteiger partial charge in [-0.2, -0.15) is 14.9 Å². The average Bonchev–Trinajstić information content (AvgIpc) is 2.43. The molecule has 1 aromatic carbocycles. The van der Waals surface area contributed by atoms with Crippen LogP contribution >= 0.6 is 12.2 Å². The molecule has 104 valence electrons. The molecule has 1 N–H and O–H groups in total. The van der Waals surface area contributed by atoms with Crippen molar-refractivity contribution in [3.63, 3.8) is 0 Å². The highest BCUT2D eigenvalue weighted by Crippen LogP contribution is 2.13. The molecule has 2 aromatic rings. The Labute approximate surface area is 122 Å². The summed E-state index contributed by atoms with van der Waals surface area (Å²) in [6.45, 7) is 5.89. The highest BCUT2D eigenvalue weighted by atomic mass is 32.1. The predicted molar refractivity (Wildman–Crippen MR) is 81.9 cm³/mol. The number of hydrogen-bond acceptors (Lipinski definition) is 4. The summed E-state index contributed by atoms with van der Waals surface area (Å²) in [5, 5.41) is 10.5. The molecule has 20 heavy (non-hydrogen) atoms. The van der Waals surface area contributed by atoms with Gasteiger partial charge in [-0.25, -0.2) is 0 Å².